The normalized spacial score (nSPS) is 14.8. The molecule has 3 aromatic rings. The number of nitriles is 1. The maximum atomic E-state index is 14.3. The Bertz CT molecular complexity index is 1230. The van der Waals surface area contributed by atoms with Gasteiger partial charge in [0.25, 0.3) is 0 Å². The van der Waals surface area contributed by atoms with Crippen LogP contribution in [0.3, 0.4) is 0 Å². The molecule has 7 nitrogen and oxygen atoms in total. The largest absolute Gasteiger partial charge is 0.506 e. The van der Waals surface area contributed by atoms with E-state index in [0.717, 1.165) is 0 Å². The van der Waals surface area contributed by atoms with Gasteiger partial charge in [-0.1, -0.05) is 18.2 Å². The van der Waals surface area contributed by atoms with Gasteiger partial charge in [0.15, 0.2) is 29.1 Å². The molecule has 0 aliphatic carbocycles. The molecule has 0 unspecified atom stereocenters. The highest BCUT2D eigenvalue weighted by Gasteiger charge is 2.28. The van der Waals surface area contributed by atoms with Crippen molar-refractivity contribution in [3.05, 3.63) is 71.1 Å². The summed E-state index contributed by atoms with van der Waals surface area (Å²) in [7, 11) is 0. The number of hydrogen-bond acceptors (Lipinski definition) is 6. The first kappa shape index (κ1) is 21.3. The first-order chi connectivity index (χ1) is 15.4. The quantitative estimate of drug-likeness (QED) is 0.217. The number of halogens is 4. The summed E-state index contributed by atoms with van der Waals surface area (Å²) in [6.45, 7) is 1.82. The molecule has 0 spiro atoms. The van der Waals surface area contributed by atoms with Crippen molar-refractivity contribution >= 4 is 17.3 Å². The minimum Gasteiger partial charge on any atom is -0.506 e. The van der Waals surface area contributed by atoms with Crippen molar-refractivity contribution in [3.8, 4) is 11.8 Å². The molecule has 1 N–H and O–H groups in total. The predicted molar refractivity (Wildman–Crippen MR) is 106 cm³/mol. The summed E-state index contributed by atoms with van der Waals surface area (Å²) in [6.07, 6.45) is 0. The molecule has 0 bridgehead atoms. The van der Waals surface area contributed by atoms with Crippen LogP contribution < -0.4 is 4.90 Å². The highest BCUT2D eigenvalue weighted by atomic mass is 19.2. The van der Waals surface area contributed by atoms with E-state index in [9.17, 15) is 27.9 Å². The van der Waals surface area contributed by atoms with E-state index in [2.05, 4.69) is 10.2 Å². The number of rotatable bonds is 4. The Labute approximate surface area is 179 Å². The van der Waals surface area contributed by atoms with Crippen molar-refractivity contribution in [3.63, 3.8) is 0 Å². The fraction of sp³-hybridized carbons (Fsp3) is 0.190. The average Bonchev–Trinajstić information content (AvgIpc) is 3.26. The van der Waals surface area contributed by atoms with Gasteiger partial charge >= 0.3 is 0 Å². The van der Waals surface area contributed by atoms with E-state index in [1.165, 1.54) is 4.57 Å². The number of aliphatic hydroxyl groups excluding tert-OH is 1. The summed E-state index contributed by atoms with van der Waals surface area (Å²) in [5.74, 6) is -8.67. The maximum absolute atomic E-state index is 14.3. The highest BCUT2D eigenvalue weighted by molar-refractivity contribution is 5.92. The van der Waals surface area contributed by atoms with Gasteiger partial charge in [0.2, 0.25) is 5.95 Å². The lowest BCUT2D eigenvalue weighted by atomic mass is 10.1. The Morgan fingerprint density at radius 1 is 1.00 bits per heavy atom. The maximum Gasteiger partial charge on any atom is 0.232 e. The van der Waals surface area contributed by atoms with Crippen molar-refractivity contribution in [1.82, 2.24) is 14.8 Å². The SMILES string of the molecule is N#CC(=C(O)c1cc(F)c(F)c(F)c1F)c1nnc(N2CCOCC2)n1-c1ccccc1. The fourth-order valence-corrected chi connectivity index (χ4v) is 3.31. The lowest BCUT2D eigenvalue weighted by Crippen LogP contribution is -2.38. The van der Waals surface area contributed by atoms with Crippen LogP contribution in [0.15, 0.2) is 36.4 Å². The molecule has 1 aliphatic heterocycles. The van der Waals surface area contributed by atoms with Crippen LogP contribution in [0.5, 0.6) is 0 Å². The van der Waals surface area contributed by atoms with Gasteiger partial charge in [-0.2, -0.15) is 5.26 Å². The predicted octanol–water partition coefficient (Wildman–Crippen LogP) is 3.61. The van der Waals surface area contributed by atoms with E-state index in [1.807, 2.05) is 4.90 Å². The minimum atomic E-state index is -2.11. The standard InChI is InChI=1S/C21H15F4N5O2/c22-15-10-13(16(23)18(25)17(15)24)19(31)14(11-26)20-27-28-21(29-6-8-32-9-7-29)30(20)12-4-2-1-3-5-12/h1-5,10,31H,6-9H2. The lowest BCUT2D eigenvalue weighted by Gasteiger charge is -2.28. The first-order valence-electron chi connectivity index (χ1n) is 9.44. The number of anilines is 1. The molecule has 0 amide bonds. The number of para-hydroxylation sites is 1. The molecule has 0 saturated carbocycles. The van der Waals surface area contributed by atoms with Gasteiger partial charge in [0, 0.05) is 13.1 Å². The molecule has 11 heteroatoms. The number of allylic oxidation sites excluding steroid dienone is 1. The monoisotopic (exact) mass is 445 g/mol. The Kier molecular flexibility index (Phi) is 5.79. The van der Waals surface area contributed by atoms with Crippen LogP contribution in [0.4, 0.5) is 23.5 Å². The number of hydrogen-bond donors (Lipinski definition) is 1. The molecule has 1 aromatic heterocycles. The van der Waals surface area contributed by atoms with Crippen molar-refractivity contribution < 1.29 is 27.4 Å². The van der Waals surface area contributed by atoms with Gasteiger partial charge in [-0.25, -0.2) is 17.6 Å². The van der Waals surface area contributed by atoms with E-state index in [0.29, 0.717) is 37.9 Å². The van der Waals surface area contributed by atoms with Crippen molar-refractivity contribution in [2.75, 3.05) is 31.2 Å². The summed E-state index contributed by atoms with van der Waals surface area (Å²) >= 11 is 0. The molecular formula is C21H15F4N5O2. The van der Waals surface area contributed by atoms with Crippen LogP contribution in [-0.2, 0) is 4.74 Å². The summed E-state index contributed by atoms with van der Waals surface area (Å²) in [5.41, 5.74) is -1.11. The zero-order valence-corrected chi connectivity index (χ0v) is 16.4. The number of nitrogens with zero attached hydrogens (tertiary/aromatic N) is 5. The van der Waals surface area contributed by atoms with Gasteiger partial charge in [0.05, 0.1) is 24.5 Å². The molecule has 4 rings (SSSR count). The molecule has 0 atom stereocenters. The highest BCUT2D eigenvalue weighted by Crippen LogP contribution is 2.31. The number of benzene rings is 2. The molecular weight excluding hydrogens is 430 g/mol. The van der Waals surface area contributed by atoms with Crippen molar-refractivity contribution in [2.24, 2.45) is 0 Å². The summed E-state index contributed by atoms with van der Waals surface area (Å²) in [5, 5.41) is 28.4. The molecule has 2 aromatic carbocycles. The van der Waals surface area contributed by atoms with Crippen LogP contribution in [0.25, 0.3) is 17.0 Å². The van der Waals surface area contributed by atoms with Gasteiger partial charge in [-0.05, 0) is 18.2 Å². The van der Waals surface area contributed by atoms with E-state index in [-0.39, 0.29) is 11.9 Å². The molecule has 1 fully saturated rings. The minimum absolute atomic E-state index is 0.192. The second kappa shape index (κ2) is 8.68. The van der Waals surface area contributed by atoms with Crippen LogP contribution in [0, 0.1) is 34.6 Å². The number of morpholine rings is 1. The molecule has 164 valence electrons. The summed E-state index contributed by atoms with van der Waals surface area (Å²) < 4.78 is 61.8. The summed E-state index contributed by atoms with van der Waals surface area (Å²) in [4.78, 5) is 1.84. The topological polar surface area (TPSA) is 87.2 Å². The molecule has 1 saturated heterocycles. The Hall–Kier alpha value is -3.91. The first-order valence-corrected chi connectivity index (χ1v) is 9.44. The van der Waals surface area contributed by atoms with E-state index in [4.69, 9.17) is 4.74 Å². The summed E-state index contributed by atoms with van der Waals surface area (Å²) in [6, 6.07) is 10.6. The van der Waals surface area contributed by atoms with Crippen LogP contribution in [0.1, 0.15) is 11.4 Å². The second-order valence-corrected chi connectivity index (χ2v) is 6.78. The number of aliphatic hydroxyl groups is 1. The van der Waals surface area contributed by atoms with Crippen LogP contribution in [0.2, 0.25) is 0 Å². The second-order valence-electron chi connectivity index (χ2n) is 6.78. The van der Waals surface area contributed by atoms with Gasteiger partial charge in [0.1, 0.15) is 17.4 Å². The Morgan fingerprint density at radius 3 is 2.34 bits per heavy atom. The molecule has 1 aliphatic rings. The number of aromatic nitrogens is 3. The zero-order chi connectivity index (χ0) is 22.8. The van der Waals surface area contributed by atoms with Crippen LogP contribution >= 0.6 is 0 Å². The zero-order valence-electron chi connectivity index (χ0n) is 16.4. The Balaban J connectivity index is 1.94. The van der Waals surface area contributed by atoms with Gasteiger partial charge in [-0.15, -0.1) is 10.2 Å². The third-order valence-corrected chi connectivity index (χ3v) is 4.88. The lowest BCUT2D eigenvalue weighted by molar-refractivity contribution is 0.122. The molecule has 2 heterocycles. The van der Waals surface area contributed by atoms with Gasteiger partial charge < -0.3 is 14.7 Å². The Morgan fingerprint density at radius 2 is 1.69 bits per heavy atom. The van der Waals surface area contributed by atoms with Gasteiger partial charge in [-0.3, -0.25) is 4.57 Å². The van der Waals surface area contributed by atoms with Crippen molar-refractivity contribution in [1.29, 1.82) is 5.26 Å². The third kappa shape index (κ3) is 3.65. The molecule has 0 radical (unpaired) electrons. The van der Waals surface area contributed by atoms with E-state index >= 15 is 0 Å². The van der Waals surface area contributed by atoms with Crippen LogP contribution in [-0.4, -0.2) is 46.2 Å². The van der Waals surface area contributed by atoms with E-state index < -0.39 is 40.2 Å². The average molecular weight is 445 g/mol. The fourth-order valence-electron chi connectivity index (χ4n) is 3.31. The van der Waals surface area contributed by atoms with Crippen molar-refractivity contribution in [2.45, 2.75) is 0 Å². The number of ether oxygens (including phenoxy) is 1. The third-order valence-electron chi connectivity index (χ3n) is 4.88. The molecule has 32 heavy (non-hydrogen) atoms. The van der Waals surface area contributed by atoms with E-state index in [1.54, 1.807) is 36.4 Å². The smallest absolute Gasteiger partial charge is 0.232 e.